The molecule has 14 heavy (non-hydrogen) atoms. The Balaban J connectivity index is 2.75. The highest BCUT2D eigenvalue weighted by Gasteiger charge is 2.21. The average Bonchev–Trinajstić information content (AvgIpc) is 2.44. The third-order valence-electron chi connectivity index (χ3n) is 2.18. The molecule has 2 aromatic rings. The van der Waals surface area contributed by atoms with E-state index in [0.29, 0.717) is 0 Å². The van der Waals surface area contributed by atoms with E-state index in [0.717, 1.165) is 5.65 Å². The highest BCUT2D eigenvalue weighted by molar-refractivity contribution is 14.1. The molecule has 3 heteroatoms. The molecule has 0 spiro atoms. The van der Waals surface area contributed by atoms with Gasteiger partial charge in [0.1, 0.15) is 9.35 Å². The molecular weight excluding hydrogens is 287 g/mol. The molecule has 2 rings (SSSR count). The summed E-state index contributed by atoms with van der Waals surface area (Å²) in [5, 5.41) is 0. The molecule has 0 unspecified atom stereocenters. The lowest BCUT2D eigenvalue weighted by molar-refractivity contribution is 0.569. The summed E-state index contributed by atoms with van der Waals surface area (Å²) >= 11 is 2.36. The smallest absolute Gasteiger partial charge is 0.137 e. The van der Waals surface area contributed by atoms with Crippen molar-refractivity contribution in [3.05, 3.63) is 33.8 Å². The summed E-state index contributed by atoms with van der Waals surface area (Å²) in [6.45, 7) is 6.57. The number of hydrogen-bond acceptors (Lipinski definition) is 1. The van der Waals surface area contributed by atoms with Gasteiger partial charge >= 0.3 is 0 Å². The summed E-state index contributed by atoms with van der Waals surface area (Å²) in [7, 11) is 0. The number of nitrogens with zero attached hydrogens (tertiary/aromatic N) is 2. The molecule has 0 aromatic carbocycles. The molecule has 2 nitrogen and oxygen atoms in total. The van der Waals surface area contributed by atoms with Gasteiger partial charge in [0.25, 0.3) is 0 Å². The maximum Gasteiger partial charge on any atom is 0.137 e. The van der Waals surface area contributed by atoms with Crippen molar-refractivity contribution < 1.29 is 0 Å². The van der Waals surface area contributed by atoms with E-state index in [2.05, 4.69) is 58.9 Å². The molecular formula is C11H13IN2. The maximum absolute atomic E-state index is 4.64. The minimum Gasteiger partial charge on any atom is -0.295 e. The lowest BCUT2D eigenvalue weighted by Gasteiger charge is -2.15. The lowest BCUT2D eigenvalue weighted by Crippen LogP contribution is -2.13. The van der Waals surface area contributed by atoms with E-state index in [-0.39, 0.29) is 5.41 Å². The van der Waals surface area contributed by atoms with E-state index in [1.165, 1.54) is 9.39 Å². The van der Waals surface area contributed by atoms with Crippen LogP contribution in [-0.4, -0.2) is 9.38 Å². The van der Waals surface area contributed by atoms with E-state index in [9.17, 15) is 0 Å². The van der Waals surface area contributed by atoms with Crippen LogP contribution in [-0.2, 0) is 5.41 Å². The number of halogens is 1. The van der Waals surface area contributed by atoms with Crippen LogP contribution >= 0.6 is 22.6 Å². The number of imidazole rings is 1. The highest BCUT2D eigenvalue weighted by Crippen LogP contribution is 2.26. The van der Waals surface area contributed by atoms with Crippen LogP contribution in [0, 0.1) is 3.70 Å². The summed E-state index contributed by atoms with van der Waals surface area (Å²) in [5.41, 5.74) is 2.31. The van der Waals surface area contributed by atoms with Crippen LogP contribution in [0.1, 0.15) is 26.5 Å². The Bertz CT molecular complexity index is 466. The SMILES string of the molecule is CC(C)(C)c1nc2ccccn2c1I. The van der Waals surface area contributed by atoms with Crippen LogP contribution in [0.2, 0.25) is 0 Å². The van der Waals surface area contributed by atoms with Gasteiger partial charge in [0, 0.05) is 11.6 Å². The molecule has 0 amide bonds. The molecule has 2 aromatic heterocycles. The Morgan fingerprint density at radius 1 is 1.29 bits per heavy atom. The van der Waals surface area contributed by atoms with Gasteiger partial charge in [-0.1, -0.05) is 26.8 Å². The van der Waals surface area contributed by atoms with Crippen LogP contribution in [0.15, 0.2) is 24.4 Å². The first-order valence-corrected chi connectivity index (χ1v) is 5.71. The molecule has 74 valence electrons. The van der Waals surface area contributed by atoms with Crippen LogP contribution in [0.25, 0.3) is 5.65 Å². The minimum atomic E-state index is 0.114. The van der Waals surface area contributed by atoms with Crippen LogP contribution in [0.3, 0.4) is 0 Å². The summed E-state index contributed by atoms with van der Waals surface area (Å²) in [6, 6.07) is 6.09. The largest absolute Gasteiger partial charge is 0.295 e. The van der Waals surface area contributed by atoms with E-state index >= 15 is 0 Å². The van der Waals surface area contributed by atoms with Crippen LogP contribution in [0.5, 0.6) is 0 Å². The maximum atomic E-state index is 4.64. The standard InChI is InChI=1S/C11H13IN2/c1-11(2,3)9-10(12)14-7-5-4-6-8(14)13-9/h4-7H,1-3H3. The first-order valence-electron chi connectivity index (χ1n) is 4.63. The van der Waals surface area contributed by atoms with Crippen molar-refractivity contribution in [1.82, 2.24) is 9.38 Å². The second-order valence-electron chi connectivity index (χ2n) is 4.43. The Hall–Kier alpha value is -0.580. The van der Waals surface area contributed by atoms with Crippen LogP contribution < -0.4 is 0 Å². The van der Waals surface area contributed by atoms with E-state index in [4.69, 9.17) is 0 Å². The Morgan fingerprint density at radius 2 is 2.00 bits per heavy atom. The van der Waals surface area contributed by atoms with Gasteiger partial charge < -0.3 is 0 Å². The predicted octanol–water partition coefficient (Wildman–Crippen LogP) is 3.24. The summed E-state index contributed by atoms with van der Waals surface area (Å²) in [5.74, 6) is 0. The third kappa shape index (κ3) is 1.54. The van der Waals surface area contributed by atoms with E-state index in [1.807, 2.05) is 18.2 Å². The minimum absolute atomic E-state index is 0.114. The van der Waals surface area contributed by atoms with E-state index < -0.39 is 0 Å². The predicted molar refractivity (Wildman–Crippen MR) is 66.6 cm³/mol. The Morgan fingerprint density at radius 3 is 2.57 bits per heavy atom. The monoisotopic (exact) mass is 300 g/mol. The fraction of sp³-hybridized carbons (Fsp3) is 0.364. The van der Waals surface area contributed by atoms with Crippen molar-refractivity contribution in [1.29, 1.82) is 0 Å². The van der Waals surface area contributed by atoms with Gasteiger partial charge in [0.2, 0.25) is 0 Å². The molecule has 2 heterocycles. The van der Waals surface area contributed by atoms with E-state index in [1.54, 1.807) is 0 Å². The van der Waals surface area contributed by atoms with Gasteiger partial charge in [-0.25, -0.2) is 4.98 Å². The van der Waals surface area contributed by atoms with Crippen LogP contribution in [0.4, 0.5) is 0 Å². The van der Waals surface area contributed by atoms with Crippen molar-refractivity contribution in [2.75, 3.05) is 0 Å². The topological polar surface area (TPSA) is 17.3 Å². The number of pyridine rings is 1. The first-order chi connectivity index (χ1) is 6.50. The number of aromatic nitrogens is 2. The summed E-state index contributed by atoms with van der Waals surface area (Å²) in [4.78, 5) is 4.64. The Kier molecular flexibility index (Phi) is 2.29. The fourth-order valence-electron chi connectivity index (χ4n) is 1.44. The quantitative estimate of drug-likeness (QED) is 0.683. The Labute approximate surface area is 97.5 Å². The average molecular weight is 300 g/mol. The fourth-order valence-corrected chi connectivity index (χ4v) is 2.78. The zero-order valence-electron chi connectivity index (χ0n) is 8.58. The molecule has 0 radical (unpaired) electrons. The second-order valence-corrected chi connectivity index (χ2v) is 5.45. The van der Waals surface area contributed by atoms with Gasteiger partial charge in [0.05, 0.1) is 5.69 Å². The number of fused-ring (bicyclic) bond motifs is 1. The molecule has 0 atom stereocenters. The third-order valence-corrected chi connectivity index (χ3v) is 3.21. The molecule has 0 aliphatic rings. The summed E-state index contributed by atoms with van der Waals surface area (Å²) < 4.78 is 3.34. The van der Waals surface area contributed by atoms with Gasteiger partial charge in [0.15, 0.2) is 0 Å². The molecule has 0 fully saturated rings. The van der Waals surface area contributed by atoms with Crippen molar-refractivity contribution >= 4 is 28.2 Å². The second kappa shape index (κ2) is 3.22. The molecule has 0 saturated carbocycles. The molecule has 0 aliphatic carbocycles. The molecule has 0 bridgehead atoms. The van der Waals surface area contributed by atoms with Gasteiger partial charge in [-0.3, -0.25) is 4.40 Å². The van der Waals surface area contributed by atoms with Crippen molar-refractivity contribution in [3.63, 3.8) is 0 Å². The number of rotatable bonds is 0. The zero-order valence-corrected chi connectivity index (χ0v) is 10.7. The van der Waals surface area contributed by atoms with Gasteiger partial charge in [-0.05, 0) is 34.7 Å². The molecule has 0 N–H and O–H groups in total. The molecule has 0 saturated heterocycles. The van der Waals surface area contributed by atoms with Crippen molar-refractivity contribution in [2.24, 2.45) is 0 Å². The van der Waals surface area contributed by atoms with Crippen molar-refractivity contribution in [3.8, 4) is 0 Å². The van der Waals surface area contributed by atoms with Gasteiger partial charge in [-0.15, -0.1) is 0 Å². The number of hydrogen-bond donors (Lipinski definition) is 0. The highest BCUT2D eigenvalue weighted by atomic mass is 127. The lowest BCUT2D eigenvalue weighted by atomic mass is 9.93. The van der Waals surface area contributed by atoms with Crippen molar-refractivity contribution in [2.45, 2.75) is 26.2 Å². The zero-order chi connectivity index (χ0) is 10.3. The molecule has 0 aliphatic heterocycles. The first kappa shape index (κ1) is 9.96. The summed E-state index contributed by atoms with van der Waals surface area (Å²) in [6.07, 6.45) is 2.05. The van der Waals surface area contributed by atoms with Gasteiger partial charge in [-0.2, -0.15) is 0 Å². The normalized spacial score (nSPS) is 12.3.